The van der Waals surface area contributed by atoms with Crippen molar-refractivity contribution in [1.82, 2.24) is 0 Å². The van der Waals surface area contributed by atoms with Crippen LogP contribution in [0.4, 0.5) is 0 Å². The van der Waals surface area contributed by atoms with E-state index in [0.717, 1.165) is 11.1 Å². The SMILES string of the molecule is CC(C)COCC(O)c1ccc(-c2ccccc2)cc1. The Labute approximate surface area is 121 Å². The van der Waals surface area contributed by atoms with E-state index in [0.29, 0.717) is 19.1 Å². The molecule has 0 saturated carbocycles. The molecule has 2 nitrogen and oxygen atoms in total. The largest absolute Gasteiger partial charge is 0.386 e. The first-order chi connectivity index (χ1) is 9.66. The molecule has 0 saturated heterocycles. The van der Waals surface area contributed by atoms with Crippen molar-refractivity contribution in [2.45, 2.75) is 20.0 Å². The minimum absolute atomic E-state index is 0.350. The lowest BCUT2D eigenvalue weighted by molar-refractivity contribution is 0.0250. The molecular formula is C18H22O2. The van der Waals surface area contributed by atoms with Crippen LogP contribution in [0.1, 0.15) is 25.5 Å². The van der Waals surface area contributed by atoms with Gasteiger partial charge < -0.3 is 9.84 Å². The van der Waals surface area contributed by atoms with Gasteiger partial charge >= 0.3 is 0 Å². The predicted molar refractivity (Wildman–Crippen MR) is 82.5 cm³/mol. The van der Waals surface area contributed by atoms with Gasteiger partial charge in [0, 0.05) is 6.61 Å². The summed E-state index contributed by atoms with van der Waals surface area (Å²) < 4.78 is 5.48. The van der Waals surface area contributed by atoms with Crippen LogP contribution in [-0.2, 0) is 4.74 Å². The zero-order valence-electron chi connectivity index (χ0n) is 12.1. The van der Waals surface area contributed by atoms with Crippen molar-refractivity contribution in [2.75, 3.05) is 13.2 Å². The highest BCUT2D eigenvalue weighted by Crippen LogP contribution is 2.22. The number of aliphatic hydroxyl groups excluding tert-OH is 1. The average molecular weight is 270 g/mol. The standard InChI is InChI=1S/C18H22O2/c1-14(2)12-20-13-18(19)17-10-8-16(9-11-17)15-6-4-3-5-7-15/h3-11,14,18-19H,12-13H2,1-2H3. The molecule has 1 N–H and O–H groups in total. The minimum Gasteiger partial charge on any atom is -0.386 e. The predicted octanol–water partition coefficient (Wildman–Crippen LogP) is 4.06. The molecule has 0 heterocycles. The van der Waals surface area contributed by atoms with E-state index in [-0.39, 0.29) is 0 Å². The molecule has 2 rings (SSSR count). The summed E-state index contributed by atoms with van der Waals surface area (Å²) >= 11 is 0. The topological polar surface area (TPSA) is 29.5 Å². The summed E-state index contributed by atoms with van der Waals surface area (Å²) in [5.41, 5.74) is 3.24. The van der Waals surface area contributed by atoms with Crippen LogP contribution < -0.4 is 0 Å². The molecule has 0 aliphatic rings. The van der Waals surface area contributed by atoms with Gasteiger partial charge in [0.15, 0.2) is 0 Å². The molecule has 0 spiro atoms. The monoisotopic (exact) mass is 270 g/mol. The first kappa shape index (κ1) is 14.8. The van der Waals surface area contributed by atoms with Gasteiger partial charge in [-0.2, -0.15) is 0 Å². The van der Waals surface area contributed by atoms with Crippen LogP contribution in [0, 0.1) is 5.92 Å². The number of aliphatic hydroxyl groups is 1. The Hall–Kier alpha value is -1.64. The molecule has 106 valence electrons. The van der Waals surface area contributed by atoms with Gasteiger partial charge in [0.05, 0.1) is 6.61 Å². The molecule has 0 aliphatic heterocycles. The van der Waals surface area contributed by atoms with Crippen LogP contribution in [0.15, 0.2) is 54.6 Å². The highest BCUT2D eigenvalue weighted by Gasteiger charge is 2.08. The van der Waals surface area contributed by atoms with Gasteiger partial charge in [-0.1, -0.05) is 68.4 Å². The van der Waals surface area contributed by atoms with Gasteiger partial charge in [-0.05, 0) is 22.6 Å². The van der Waals surface area contributed by atoms with E-state index in [9.17, 15) is 5.11 Å². The normalized spacial score (nSPS) is 12.6. The molecule has 20 heavy (non-hydrogen) atoms. The highest BCUT2D eigenvalue weighted by molar-refractivity contribution is 5.63. The zero-order chi connectivity index (χ0) is 14.4. The van der Waals surface area contributed by atoms with E-state index in [2.05, 4.69) is 26.0 Å². The van der Waals surface area contributed by atoms with Crippen LogP contribution in [0.5, 0.6) is 0 Å². The van der Waals surface area contributed by atoms with E-state index in [4.69, 9.17) is 4.74 Å². The fourth-order valence-electron chi connectivity index (χ4n) is 2.04. The Kier molecular flexibility index (Phi) is 5.33. The van der Waals surface area contributed by atoms with Crippen molar-refractivity contribution in [2.24, 2.45) is 5.92 Å². The molecule has 0 aliphatic carbocycles. The fourth-order valence-corrected chi connectivity index (χ4v) is 2.04. The Morgan fingerprint density at radius 3 is 2.05 bits per heavy atom. The molecule has 1 atom stereocenters. The summed E-state index contributed by atoms with van der Waals surface area (Å²) in [4.78, 5) is 0. The summed E-state index contributed by atoms with van der Waals surface area (Å²) in [6, 6.07) is 18.2. The molecule has 2 aromatic rings. The minimum atomic E-state index is -0.557. The van der Waals surface area contributed by atoms with Crippen molar-refractivity contribution >= 4 is 0 Å². The lowest BCUT2D eigenvalue weighted by atomic mass is 10.0. The average Bonchev–Trinajstić information content (AvgIpc) is 2.48. The fraction of sp³-hybridized carbons (Fsp3) is 0.333. The van der Waals surface area contributed by atoms with Gasteiger partial charge in [-0.3, -0.25) is 0 Å². The lowest BCUT2D eigenvalue weighted by Crippen LogP contribution is -2.10. The lowest BCUT2D eigenvalue weighted by Gasteiger charge is -2.13. The maximum Gasteiger partial charge on any atom is 0.102 e. The van der Waals surface area contributed by atoms with Crippen LogP contribution in [0.25, 0.3) is 11.1 Å². The molecule has 2 aromatic carbocycles. The van der Waals surface area contributed by atoms with Gasteiger partial charge in [0.2, 0.25) is 0 Å². The molecule has 0 radical (unpaired) electrons. The third kappa shape index (κ3) is 4.19. The van der Waals surface area contributed by atoms with Crippen molar-refractivity contribution < 1.29 is 9.84 Å². The molecule has 0 amide bonds. The number of hydrogen-bond donors (Lipinski definition) is 1. The summed E-state index contributed by atoms with van der Waals surface area (Å²) in [6.45, 7) is 5.23. The summed E-state index contributed by atoms with van der Waals surface area (Å²) in [5.74, 6) is 0.489. The maximum absolute atomic E-state index is 10.1. The summed E-state index contributed by atoms with van der Waals surface area (Å²) in [5, 5.41) is 10.1. The Morgan fingerprint density at radius 2 is 1.45 bits per heavy atom. The van der Waals surface area contributed by atoms with Gasteiger partial charge in [-0.25, -0.2) is 0 Å². The van der Waals surface area contributed by atoms with Crippen LogP contribution in [-0.4, -0.2) is 18.3 Å². The van der Waals surface area contributed by atoms with Gasteiger partial charge in [-0.15, -0.1) is 0 Å². The smallest absolute Gasteiger partial charge is 0.102 e. The third-order valence-corrected chi connectivity index (χ3v) is 3.13. The molecule has 1 unspecified atom stereocenters. The first-order valence-electron chi connectivity index (χ1n) is 7.08. The highest BCUT2D eigenvalue weighted by atomic mass is 16.5. The molecule has 0 aromatic heterocycles. The van der Waals surface area contributed by atoms with Gasteiger partial charge in [0.25, 0.3) is 0 Å². The molecular weight excluding hydrogens is 248 g/mol. The number of rotatable bonds is 6. The van der Waals surface area contributed by atoms with Crippen molar-refractivity contribution in [3.8, 4) is 11.1 Å². The molecule has 2 heteroatoms. The second-order valence-corrected chi connectivity index (χ2v) is 5.44. The second-order valence-electron chi connectivity index (χ2n) is 5.44. The van der Waals surface area contributed by atoms with E-state index in [1.54, 1.807) is 0 Å². The van der Waals surface area contributed by atoms with Crippen molar-refractivity contribution in [3.63, 3.8) is 0 Å². The Balaban J connectivity index is 1.97. The van der Waals surface area contributed by atoms with E-state index in [1.165, 1.54) is 5.56 Å². The number of hydrogen-bond acceptors (Lipinski definition) is 2. The number of benzene rings is 2. The van der Waals surface area contributed by atoms with Crippen LogP contribution in [0.3, 0.4) is 0 Å². The summed E-state index contributed by atoms with van der Waals surface area (Å²) in [7, 11) is 0. The second kappa shape index (κ2) is 7.22. The van der Waals surface area contributed by atoms with Crippen LogP contribution >= 0.6 is 0 Å². The quantitative estimate of drug-likeness (QED) is 0.857. The number of ether oxygens (including phenoxy) is 1. The van der Waals surface area contributed by atoms with Gasteiger partial charge in [0.1, 0.15) is 6.10 Å². The zero-order valence-corrected chi connectivity index (χ0v) is 12.1. The molecule has 0 bridgehead atoms. The maximum atomic E-state index is 10.1. The van der Waals surface area contributed by atoms with E-state index >= 15 is 0 Å². The first-order valence-corrected chi connectivity index (χ1v) is 7.08. The molecule has 0 fully saturated rings. The van der Waals surface area contributed by atoms with Crippen molar-refractivity contribution in [1.29, 1.82) is 0 Å². The van der Waals surface area contributed by atoms with Crippen LogP contribution in [0.2, 0.25) is 0 Å². The van der Waals surface area contributed by atoms with E-state index < -0.39 is 6.10 Å². The van der Waals surface area contributed by atoms with E-state index in [1.807, 2.05) is 42.5 Å². The third-order valence-electron chi connectivity index (χ3n) is 3.13. The Bertz CT molecular complexity index is 503. The Morgan fingerprint density at radius 1 is 0.850 bits per heavy atom. The summed E-state index contributed by atoms with van der Waals surface area (Å²) in [6.07, 6.45) is -0.557. The van der Waals surface area contributed by atoms with Crippen molar-refractivity contribution in [3.05, 3.63) is 60.2 Å².